The molecule has 1 aliphatic heterocycles. The van der Waals surface area contributed by atoms with Gasteiger partial charge in [0.1, 0.15) is 18.3 Å². The molecule has 3 atom stereocenters. The van der Waals surface area contributed by atoms with Gasteiger partial charge in [-0.1, -0.05) is 30.3 Å². The quantitative estimate of drug-likeness (QED) is 0.607. The molecule has 2 aliphatic rings. The smallest absolute Gasteiger partial charge is 0.420 e. The fraction of sp³-hybridized carbons (Fsp3) is 0.526. The topological polar surface area (TPSA) is 82.1 Å². The number of amides is 2. The van der Waals surface area contributed by atoms with Gasteiger partial charge in [0.05, 0.1) is 12.0 Å². The summed E-state index contributed by atoms with van der Waals surface area (Å²) in [4.78, 5) is 38.0. The number of ether oxygens (including phenoxy) is 3. The summed E-state index contributed by atoms with van der Waals surface area (Å²) < 4.78 is 15.9. The molecule has 0 spiro atoms. The van der Waals surface area contributed by atoms with E-state index in [2.05, 4.69) is 0 Å². The average molecular weight is 361 g/mol. The van der Waals surface area contributed by atoms with Gasteiger partial charge >= 0.3 is 18.2 Å². The Kier molecular flexibility index (Phi) is 4.89. The van der Waals surface area contributed by atoms with Crippen molar-refractivity contribution >= 4 is 18.2 Å². The molecule has 26 heavy (non-hydrogen) atoms. The number of hydrogen-bond acceptors (Lipinski definition) is 6. The van der Waals surface area contributed by atoms with Crippen LogP contribution >= 0.6 is 0 Å². The first-order valence-electron chi connectivity index (χ1n) is 8.69. The van der Waals surface area contributed by atoms with Gasteiger partial charge in [0.25, 0.3) is 0 Å². The minimum absolute atomic E-state index is 0.148. The number of carbonyl (C=O) groups is 3. The number of hydrogen-bond donors (Lipinski definition) is 0. The van der Waals surface area contributed by atoms with Crippen LogP contribution in [0.2, 0.25) is 0 Å². The van der Waals surface area contributed by atoms with Gasteiger partial charge in [-0.2, -0.15) is 0 Å². The second kappa shape index (κ2) is 6.97. The molecule has 140 valence electrons. The van der Waals surface area contributed by atoms with Crippen LogP contribution in [0.25, 0.3) is 0 Å². The van der Waals surface area contributed by atoms with Gasteiger partial charge in [0, 0.05) is 0 Å². The monoisotopic (exact) mass is 361 g/mol. The predicted octanol–water partition coefficient (Wildman–Crippen LogP) is 3.26. The van der Waals surface area contributed by atoms with Gasteiger partial charge in [-0.3, -0.25) is 4.79 Å². The van der Waals surface area contributed by atoms with Crippen LogP contribution in [-0.2, 0) is 25.6 Å². The maximum Gasteiger partial charge on any atom is 0.420 e. The van der Waals surface area contributed by atoms with Crippen molar-refractivity contribution < 1.29 is 28.6 Å². The highest BCUT2D eigenvalue weighted by Gasteiger charge is 2.56. The molecule has 0 unspecified atom stereocenters. The van der Waals surface area contributed by atoms with E-state index in [1.165, 1.54) is 0 Å². The van der Waals surface area contributed by atoms with Crippen LogP contribution in [0.1, 0.15) is 39.2 Å². The molecule has 1 aliphatic carbocycles. The van der Waals surface area contributed by atoms with Crippen LogP contribution in [0, 0.1) is 5.92 Å². The molecule has 7 heteroatoms. The Labute approximate surface area is 152 Å². The van der Waals surface area contributed by atoms with Crippen molar-refractivity contribution in [1.82, 2.24) is 4.90 Å². The van der Waals surface area contributed by atoms with Crippen LogP contribution in [0.5, 0.6) is 0 Å². The van der Waals surface area contributed by atoms with Crippen LogP contribution in [-0.4, -0.2) is 40.8 Å². The lowest BCUT2D eigenvalue weighted by molar-refractivity contribution is -0.151. The minimum atomic E-state index is -0.794. The van der Waals surface area contributed by atoms with E-state index in [0.29, 0.717) is 12.8 Å². The molecule has 7 nitrogen and oxygen atoms in total. The van der Waals surface area contributed by atoms with E-state index in [4.69, 9.17) is 14.2 Å². The van der Waals surface area contributed by atoms with Gasteiger partial charge in [-0.05, 0) is 39.2 Å². The van der Waals surface area contributed by atoms with Crippen LogP contribution in [0.3, 0.4) is 0 Å². The zero-order valence-corrected chi connectivity index (χ0v) is 15.1. The van der Waals surface area contributed by atoms with E-state index in [9.17, 15) is 14.4 Å². The highest BCUT2D eigenvalue weighted by atomic mass is 16.6. The Bertz CT molecular complexity index is 696. The van der Waals surface area contributed by atoms with Crippen molar-refractivity contribution in [1.29, 1.82) is 0 Å². The molecular weight excluding hydrogens is 338 g/mol. The lowest BCUT2D eigenvalue weighted by Crippen LogP contribution is -2.47. The molecule has 1 aromatic carbocycles. The molecule has 0 bridgehead atoms. The number of fused-ring (bicyclic) bond motifs is 1. The SMILES string of the molecule is CC(C)(C)OC(=O)N1C(=O)O[C@@H]2CC[C@H](C(=O)OCc3ccccc3)[C@@H]21. The molecule has 1 saturated carbocycles. The van der Waals surface area contributed by atoms with Crippen molar-refractivity contribution in [2.45, 2.75) is 58.0 Å². The first kappa shape index (κ1) is 18.2. The first-order valence-corrected chi connectivity index (χ1v) is 8.69. The minimum Gasteiger partial charge on any atom is -0.461 e. The summed E-state index contributed by atoms with van der Waals surface area (Å²) in [5.74, 6) is -1.05. The van der Waals surface area contributed by atoms with Crippen molar-refractivity contribution in [3.8, 4) is 0 Å². The highest BCUT2D eigenvalue weighted by molar-refractivity contribution is 5.91. The lowest BCUT2D eigenvalue weighted by atomic mass is 10.0. The zero-order valence-electron chi connectivity index (χ0n) is 15.1. The van der Waals surface area contributed by atoms with Crippen molar-refractivity contribution in [2.75, 3.05) is 0 Å². The van der Waals surface area contributed by atoms with Gasteiger partial charge in [-0.15, -0.1) is 0 Å². The summed E-state index contributed by atoms with van der Waals surface area (Å²) in [6.45, 7) is 5.28. The maximum atomic E-state index is 12.6. The van der Waals surface area contributed by atoms with E-state index in [1.807, 2.05) is 30.3 Å². The van der Waals surface area contributed by atoms with E-state index >= 15 is 0 Å². The Morgan fingerprint density at radius 1 is 1.19 bits per heavy atom. The fourth-order valence-corrected chi connectivity index (χ4v) is 3.33. The molecule has 1 saturated heterocycles. The van der Waals surface area contributed by atoms with E-state index in [0.717, 1.165) is 10.5 Å². The number of nitrogens with zero attached hydrogens (tertiary/aromatic N) is 1. The summed E-state index contributed by atoms with van der Waals surface area (Å²) in [5, 5.41) is 0. The molecular formula is C19H23NO6. The molecule has 2 amide bonds. The summed E-state index contributed by atoms with van der Waals surface area (Å²) in [7, 11) is 0. The predicted molar refractivity (Wildman–Crippen MR) is 91.1 cm³/mol. The van der Waals surface area contributed by atoms with Crippen molar-refractivity contribution in [3.63, 3.8) is 0 Å². The Hall–Kier alpha value is -2.57. The summed E-state index contributed by atoms with van der Waals surface area (Å²) in [6, 6.07) is 8.65. The summed E-state index contributed by atoms with van der Waals surface area (Å²) in [6.07, 6.45) is -1.05. The number of esters is 1. The second-order valence-corrected chi connectivity index (χ2v) is 7.54. The molecule has 0 radical (unpaired) electrons. The molecule has 3 rings (SSSR count). The normalized spacial score (nSPS) is 24.8. The van der Waals surface area contributed by atoms with Crippen molar-refractivity contribution in [3.05, 3.63) is 35.9 Å². The van der Waals surface area contributed by atoms with Crippen LogP contribution in [0.15, 0.2) is 30.3 Å². The van der Waals surface area contributed by atoms with Gasteiger partial charge < -0.3 is 14.2 Å². The lowest BCUT2D eigenvalue weighted by Gasteiger charge is -2.27. The highest BCUT2D eigenvalue weighted by Crippen LogP contribution is 2.39. The summed E-state index contributed by atoms with van der Waals surface area (Å²) in [5.41, 5.74) is 0.121. The molecule has 0 N–H and O–H groups in total. The number of rotatable bonds is 3. The third kappa shape index (κ3) is 3.81. The number of benzene rings is 1. The van der Waals surface area contributed by atoms with E-state index in [-0.39, 0.29) is 6.61 Å². The van der Waals surface area contributed by atoms with Gasteiger partial charge in [0.15, 0.2) is 0 Å². The zero-order chi connectivity index (χ0) is 18.9. The molecule has 1 aromatic rings. The maximum absolute atomic E-state index is 12.6. The summed E-state index contributed by atoms with van der Waals surface area (Å²) >= 11 is 0. The molecule has 1 heterocycles. The average Bonchev–Trinajstić information content (AvgIpc) is 3.09. The fourth-order valence-electron chi connectivity index (χ4n) is 3.33. The number of carbonyl (C=O) groups excluding carboxylic acids is 3. The Balaban J connectivity index is 1.69. The van der Waals surface area contributed by atoms with Gasteiger partial charge in [0.2, 0.25) is 0 Å². The van der Waals surface area contributed by atoms with Gasteiger partial charge in [-0.25, -0.2) is 14.5 Å². The van der Waals surface area contributed by atoms with E-state index < -0.39 is 41.8 Å². The first-order chi connectivity index (χ1) is 12.3. The second-order valence-electron chi connectivity index (χ2n) is 7.54. The van der Waals surface area contributed by atoms with E-state index in [1.54, 1.807) is 20.8 Å². The Morgan fingerprint density at radius 3 is 2.54 bits per heavy atom. The standard InChI is InChI=1S/C19H23NO6/c1-19(2,3)26-18(23)20-15-13(9-10-14(15)25-17(20)22)16(21)24-11-12-7-5-4-6-8-12/h4-8,13-15H,9-11H2,1-3H3/t13-,14+,15-/m0/s1. The third-order valence-corrected chi connectivity index (χ3v) is 4.42. The van der Waals surface area contributed by atoms with Crippen LogP contribution < -0.4 is 0 Å². The largest absolute Gasteiger partial charge is 0.461 e. The van der Waals surface area contributed by atoms with Crippen LogP contribution in [0.4, 0.5) is 9.59 Å². The molecule has 0 aromatic heterocycles. The third-order valence-electron chi connectivity index (χ3n) is 4.42. The van der Waals surface area contributed by atoms with Crippen molar-refractivity contribution in [2.24, 2.45) is 5.92 Å². The number of imide groups is 1. The Morgan fingerprint density at radius 2 is 1.88 bits per heavy atom. The molecule has 2 fully saturated rings.